The molecule has 166 valence electrons. The smallest absolute Gasteiger partial charge is 0.284 e. The monoisotopic (exact) mass is 478 g/mol. The summed E-state index contributed by atoms with van der Waals surface area (Å²) in [5.74, 6) is 1.65. The summed E-state index contributed by atoms with van der Waals surface area (Å²) in [6.45, 7) is 2.92. The van der Waals surface area contributed by atoms with E-state index in [0.29, 0.717) is 22.0 Å². The predicted octanol–water partition coefficient (Wildman–Crippen LogP) is 3.72. The Kier molecular flexibility index (Phi) is 4.66. The van der Waals surface area contributed by atoms with Crippen LogP contribution in [0.15, 0.2) is 58.7 Å². The summed E-state index contributed by atoms with van der Waals surface area (Å²) in [5, 5.41) is 14.3. The number of hydrogen-bond donors (Lipinski definition) is 1. The first-order valence-corrected chi connectivity index (χ1v) is 12.0. The number of aromatic nitrogens is 7. The van der Waals surface area contributed by atoms with Gasteiger partial charge in [0.15, 0.2) is 11.5 Å². The number of halogens is 1. The highest BCUT2D eigenvalue weighted by Crippen LogP contribution is 2.44. The molecule has 1 aliphatic rings. The molecule has 6 rings (SSSR count). The van der Waals surface area contributed by atoms with E-state index in [9.17, 15) is 4.79 Å². The van der Waals surface area contributed by atoms with Gasteiger partial charge in [0.1, 0.15) is 22.7 Å². The molecule has 1 saturated heterocycles. The van der Waals surface area contributed by atoms with Crippen LogP contribution in [0, 0.1) is 5.92 Å². The molecule has 5 heterocycles. The molecular formula is C22H19ClN8OS. The fourth-order valence-corrected chi connectivity index (χ4v) is 5.31. The van der Waals surface area contributed by atoms with E-state index < -0.39 is 0 Å². The SMILES string of the molecule is CSc1n[nH]c2ncnc(N3C[C@H](C)[C@H]3c3nn4ccc(Cl)c4c(=O)n3-c3ccccc3)c12. The lowest BCUT2D eigenvalue weighted by Crippen LogP contribution is -2.51. The zero-order valence-corrected chi connectivity index (χ0v) is 19.4. The molecule has 1 N–H and O–H groups in total. The van der Waals surface area contributed by atoms with Crippen molar-refractivity contribution in [2.24, 2.45) is 5.92 Å². The fourth-order valence-electron chi connectivity index (χ4n) is 4.55. The minimum atomic E-state index is -0.207. The number of nitrogens with one attached hydrogen (secondary N) is 1. The Morgan fingerprint density at radius 3 is 2.76 bits per heavy atom. The molecule has 11 heteroatoms. The molecule has 0 bridgehead atoms. The van der Waals surface area contributed by atoms with Crippen molar-refractivity contribution in [1.29, 1.82) is 0 Å². The maximum Gasteiger partial charge on any atom is 0.284 e. The Morgan fingerprint density at radius 1 is 1.18 bits per heavy atom. The van der Waals surface area contributed by atoms with Crippen LogP contribution < -0.4 is 10.5 Å². The summed E-state index contributed by atoms with van der Waals surface area (Å²) in [5.41, 5.74) is 1.57. The van der Waals surface area contributed by atoms with E-state index in [1.54, 1.807) is 21.3 Å². The van der Waals surface area contributed by atoms with E-state index in [4.69, 9.17) is 16.7 Å². The van der Waals surface area contributed by atoms with Crippen LogP contribution in [0.1, 0.15) is 18.8 Å². The van der Waals surface area contributed by atoms with Crippen molar-refractivity contribution < 1.29 is 0 Å². The molecule has 0 radical (unpaired) electrons. The van der Waals surface area contributed by atoms with Gasteiger partial charge in [0, 0.05) is 18.7 Å². The second kappa shape index (κ2) is 7.60. The molecule has 1 aromatic carbocycles. The normalized spacial score (nSPS) is 18.2. The Balaban J connectivity index is 1.59. The van der Waals surface area contributed by atoms with Crippen molar-refractivity contribution in [3.05, 3.63) is 70.1 Å². The minimum Gasteiger partial charge on any atom is -0.345 e. The lowest BCUT2D eigenvalue weighted by Gasteiger charge is -2.47. The average Bonchev–Trinajstić information content (AvgIpc) is 3.41. The fraction of sp³-hybridized carbons (Fsp3) is 0.227. The highest BCUT2D eigenvalue weighted by molar-refractivity contribution is 7.98. The van der Waals surface area contributed by atoms with Crippen LogP contribution >= 0.6 is 23.4 Å². The number of hydrogen-bond acceptors (Lipinski definition) is 7. The highest BCUT2D eigenvalue weighted by Gasteiger charge is 2.42. The minimum absolute atomic E-state index is 0.175. The van der Waals surface area contributed by atoms with Crippen LogP contribution in [0.3, 0.4) is 0 Å². The first-order chi connectivity index (χ1) is 16.1. The third kappa shape index (κ3) is 2.97. The maximum absolute atomic E-state index is 13.7. The standard InChI is InChI=1S/C22H19ClN8OS/c1-12-10-29(19-15-18(24-11-25-19)26-27-21(15)33-2)16(12)20-28-30-9-8-14(23)17(30)22(32)31(20)13-6-4-3-5-7-13/h3-9,11-12,16H,10H2,1-2H3,(H,24,25,26,27)/t12-,16-/m0/s1. The van der Waals surface area contributed by atoms with Crippen LogP contribution in [0.5, 0.6) is 0 Å². The Hall–Kier alpha value is -3.37. The van der Waals surface area contributed by atoms with Crippen LogP contribution in [0.4, 0.5) is 5.82 Å². The number of fused-ring (bicyclic) bond motifs is 2. The quantitative estimate of drug-likeness (QED) is 0.393. The zero-order valence-electron chi connectivity index (χ0n) is 17.8. The second-order valence-corrected chi connectivity index (χ2v) is 9.22. The van der Waals surface area contributed by atoms with Crippen LogP contribution in [-0.4, -0.2) is 47.1 Å². The topological polar surface area (TPSA) is 97.0 Å². The van der Waals surface area contributed by atoms with E-state index in [1.807, 2.05) is 36.6 Å². The Labute approximate surface area is 197 Å². The molecule has 0 saturated carbocycles. The zero-order chi connectivity index (χ0) is 22.7. The van der Waals surface area contributed by atoms with E-state index >= 15 is 0 Å². The van der Waals surface area contributed by atoms with Crippen LogP contribution in [-0.2, 0) is 0 Å². The van der Waals surface area contributed by atoms with Gasteiger partial charge < -0.3 is 4.90 Å². The van der Waals surface area contributed by atoms with Gasteiger partial charge >= 0.3 is 0 Å². The van der Waals surface area contributed by atoms with Gasteiger partial charge in [-0.15, -0.1) is 11.8 Å². The largest absolute Gasteiger partial charge is 0.345 e. The molecule has 0 spiro atoms. The molecule has 5 aromatic rings. The molecule has 0 aliphatic carbocycles. The average molecular weight is 479 g/mol. The third-order valence-electron chi connectivity index (χ3n) is 6.07. The third-order valence-corrected chi connectivity index (χ3v) is 7.06. The molecule has 9 nitrogen and oxygen atoms in total. The van der Waals surface area contributed by atoms with Gasteiger partial charge in [0.25, 0.3) is 5.56 Å². The van der Waals surface area contributed by atoms with Crippen molar-refractivity contribution in [1.82, 2.24) is 34.3 Å². The Bertz CT molecular complexity index is 1560. The molecule has 1 aliphatic heterocycles. The van der Waals surface area contributed by atoms with Crippen LogP contribution in [0.25, 0.3) is 22.2 Å². The molecule has 4 aromatic heterocycles. The first-order valence-electron chi connectivity index (χ1n) is 10.4. The van der Waals surface area contributed by atoms with Gasteiger partial charge in [-0.1, -0.05) is 36.7 Å². The van der Waals surface area contributed by atoms with Crippen molar-refractivity contribution in [2.45, 2.75) is 18.0 Å². The molecule has 1 fully saturated rings. The molecule has 2 atom stereocenters. The summed E-state index contributed by atoms with van der Waals surface area (Å²) in [6.07, 6.45) is 5.23. The number of aromatic amines is 1. The predicted molar refractivity (Wildman–Crippen MR) is 129 cm³/mol. The summed E-state index contributed by atoms with van der Waals surface area (Å²) in [7, 11) is 0. The lowest BCUT2D eigenvalue weighted by molar-refractivity contribution is 0.301. The van der Waals surface area contributed by atoms with Gasteiger partial charge in [0.2, 0.25) is 0 Å². The van der Waals surface area contributed by atoms with Crippen molar-refractivity contribution in [2.75, 3.05) is 17.7 Å². The number of H-pyrrole nitrogens is 1. The number of thioether (sulfide) groups is 1. The van der Waals surface area contributed by atoms with Gasteiger partial charge in [-0.3, -0.25) is 14.5 Å². The molecular weight excluding hydrogens is 460 g/mol. The lowest BCUT2D eigenvalue weighted by atomic mass is 9.89. The van der Waals surface area contributed by atoms with E-state index in [2.05, 4.69) is 32.0 Å². The number of anilines is 1. The van der Waals surface area contributed by atoms with Crippen molar-refractivity contribution in [3.8, 4) is 5.69 Å². The van der Waals surface area contributed by atoms with E-state index in [-0.39, 0.29) is 17.5 Å². The number of benzene rings is 1. The Morgan fingerprint density at radius 2 is 2.00 bits per heavy atom. The van der Waals surface area contributed by atoms with Gasteiger partial charge in [-0.25, -0.2) is 14.5 Å². The van der Waals surface area contributed by atoms with E-state index in [1.165, 1.54) is 18.1 Å². The highest BCUT2D eigenvalue weighted by atomic mass is 35.5. The maximum atomic E-state index is 13.7. The molecule has 33 heavy (non-hydrogen) atoms. The number of nitrogens with zero attached hydrogens (tertiary/aromatic N) is 7. The van der Waals surface area contributed by atoms with Gasteiger partial charge in [0.05, 0.1) is 22.1 Å². The molecule has 0 unspecified atom stereocenters. The van der Waals surface area contributed by atoms with Crippen molar-refractivity contribution in [3.63, 3.8) is 0 Å². The van der Waals surface area contributed by atoms with Crippen LogP contribution in [0.2, 0.25) is 5.02 Å². The second-order valence-electron chi connectivity index (χ2n) is 8.02. The van der Waals surface area contributed by atoms with Crippen molar-refractivity contribution >= 4 is 45.7 Å². The van der Waals surface area contributed by atoms with Gasteiger partial charge in [-0.05, 0) is 24.5 Å². The summed E-state index contributed by atoms with van der Waals surface area (Å²) < 4.78 is 3.24. The van der Waals surface area contributed by atoms with Gasteiger partial charge in [-0.2, -0.15) is 10.2 Å². The summed E-state index contributed by atoms with van der Waals surface area (Å²) in [6, 6.07) is 11.0. The summed E-state index contributed by atoms with van der Waals surface area (Å²) in [4.78, 5) is 24.8. The molecule has 0 amide bonds. The first kappa shape index (κ1) is 20.3. The van der Waals surface area contributed by atoms with E-state index in [0.717, 1.165) is 28.5 Å². The summed E-state index contributed by atoms with van der Waals surface area (Å²) >= 11 is 7.88. The number of rotatable bonds is 4. The number of para-hydroxylation sites is 1.